The Hall–Kier alpha value is -2.24. The highest BCUT2D eigenvalue weighted by Crippen LogP contribution is 2.29. The first-order valence-electron chi connectivity index (χ1n) is 9.14. The molecule has 2 aromatic heterocycles. The molecule has 1 unspecified atom stereocenters. The molecule has 0 radical (unpaired) electrons. The van der Waals surface area contributed by atoms with Crippen molar-refractivity contribution in [3.63, 3.8) is 0 Å². The van der Waals surface area contributed by atoms with Crippen LogP contribution in [-0.4, -0.2) is 17.4 Å². The average molecular weight is 368 g/mol. The lowest BCUT2D eigenvalue weighted by Crippen LogP contribution is -2.27. The third kappa shape index (κ3) is 4.48. The predicted molar refractivity (Wildman–Crippen MR) is 110 cm³/mol. The summed E-state index contributed by atoms with van der Waals surface area (Å²) < 4.78 is 1.06. The maximum Gasteiger partial charge on any atom is 0.233 e. The number of anilines is 1. The van der Waals surface area contributed by atoms with Crippen LogP contribution in [0.15, 0.2) is 48.8 Å². The number of carbonyl (C=O) groups is 1. The van der Waals surface area contributed by atoms with Crippen LogP contribution >= 0.6 is 11.3 Å². The maximum absolute atomic E-state index is 12.7. The molecular formula is C21H25N3OS. The molecule has 0 aliphatic heterocycles. The lowest BCUT2D eigenvalue weighted by molar-refractivity contribution is -0.117. The van der Waals surface area contributed by atoms with E-state index in [1.54, 1.807) is 6.20 Å². The van der Waals surface area contributed by atoms with Crippen LogP contribution in [0.25, 0.3) is 10.1 Å². The summed E-state index contributed by atoms with van der Waals surface area (Å²) >= 11 is 1.53. The summed E-state index contributed by atoms with van der Waals surface area (Å²) in [6, 6.07) is 12.2. The molecule has 0 bridgehead atoms. The summed E-state index contributed by atoms with van der Waals surface area (Å²) in [4.78, 5) is 16.8. The number of nitrogens with zero attached hydrogens (tertiary/aromatic N) is 1. The van der Waals surface area contributed by atoms with Gasteiger partial charge in [-0.3, -0.25) is 9.78 Å². The second-order valence-electron chi connectivity index (χ2n) is 6.50. The SMILES string of the molecule is CCCCCc1ccc(C(CN)C(=O)Nc2cc3ccncc3s2)cc1. The van der Waals surface area contributed by atoms with Crippen molar-refractivity contribution >= 4 is 32.3 Å². The van der Waals surface area contributed by atoms with Crippen LogP contribution in [0.2, 0.25) is 0 Å². The molecule has 3 N–H and O–H groups in total. The Bertz CT molecular complexity index is 824. The van der Waals surface area contributed by atoms with Crippen LogP contribution in [0.5, 0.6) is 0 Å². The number of aromatic nitrogens is 1. The molecule has 1 atom stereocenters. The van der Waals surface area contributed by atoms with Gasteiger partial charge in [-0.05, 0) is 41.5 Å². The van der Waals surface area contributed by atoms with Gasteiger partial charge in [0, 0.05) is 18.9 Å². The topological polar surface area (TPSA) is 68.0 Å². The Kier molecular flexibility index (Phi) is 6.36. The zero-order valence-electron chi connectivity index (χ0n) is 15.1. The van der Waals surface area contributed by atoms with Crippen molar-refractivity contribution < 1.29 is 4.79 Å². The number of nitrogens with two attached hydrogens (primary N) is 1. The van der Waals surface area contributed by atoms with E-state index in [-0.39, 0.29) is 18.4 Å². The smallest absolute Gasteiger partial charge is 0.233 e. The molecule has 136 valence electrons. The molecule has 0 saturated carbocycles. The van der Waals surface area contributed by atoms with E-state index in [1.807, 2.05) is 30.5 Å². The molecule has 3 aromatic rings. The van der Waals surface area contributed by atoms with Gasteiger partial charge in [-0.15, -0.1) is 11.3 Å². The van der Waals surface area contributed by atoms with Gasteiger partial charge in [0.15, 0.2) is 0 Å². The Labute approximate surface area is 158 Å². The highest BCUT2D eigenvalue weighted by molar-refractivity contribution is 7.22. The first-order chi connectivity index (χ1) is 12.7. The number of nitrogens with one attached hydrogen (secondary N) is 1. The van der Waals surface area contributed by atoms with Gasteiger partial charge in [0.05, 0.1) is 15.6 Å². The van der Waals surface area contributed by atoms with Gasteiger partial charge in [-0.1, -0.05) is 44.0 Å². The number of aryl methyl sites for hydroxylation is 1. The zero-order chi connectivity index (χ0) is 18.4. The van der Waals surface area contributed by atoms with Gasteiger partial charge in [0.25, 0.3) is 0 Å². The second-order valence-corrected chi connectivity index (χ2v) is 7.58. The predicted octanol–water partition coefficient (Wildman–Crippen LogP) is 4.71. The lowest BCUT2D eigenvalue weighted by Gasteiger charge is -2.15. The lowest BCUT2D eigenvalue weighted by atomic mass is 9.96. The number of benzene rings is 1. The van der Waals surface area contributed by atoms with Crippen molar-refractivity contribution in [3.8, 4) is 0 Å². The number of unbranched alkanes of at least 4 members (excludes halogenated alkanes) is 2. The minimum Gasteiger partial charge on any atom is -0.329 e. The van der Waals surface area contributed by atoms with Crippen LogP contribution in [0.1, 0.15) is 43.2 Å². The van der Waals surface area contributed by atoms with E-state index < -0.39 is 0 Å². The third-order valence-electron chi connectivity index (χ3n) is 4.57. The molecule has 3 rings (SSSR count). The molecule has 5 heteroatoms. The van der Waals surface area contributed by atoms with Crippen molar-refractivity contribution in [2.45, 2.75) is 38.5 Å². The minimum atomic E-state index is -0.344. The van der Waals surface area contributed by atoms with Crippen LogP contribution < -0.4 is 11.1 Å². The summed E-state index contributed by atoms with van der Waals surface area (Å²) in [5, 5.41) is 4.92. The molecule has 0 spiro atoms. The molecular weight excluding hydrogens is 342 g/mol. The number of thiophene rings is 1. The van der Waals surface area contributed by atoms with E-state index in [2.05, 4.69) is 29.4 Å². The van der Waals surface area contributed by atoms with E-state index in [4.69, 9.17) is 5.73 Å². The molecule has 0 aliphatic rings. The number of pyridine rings is 1. The standard InChI is InChI=1S/C21H25N3OS/c1-2-3-4-5-15-6-8-16(9-7-15)18(13-22)21(25)24-20-12-17-10-11-23-14-19(17)26-20/h6-12,14,18H,2-5,13,22H2,1H3,(H,24,25). The van der Waals surface area contributed by atoms with Gasteiger partial charge in [0.2, 0.25) is 5.91 Å². The monoisotopic (exact) mass is 367 g/mol. The van der Waals surface area contributed by atoms with Crippen molar-refractivity contribution in [1.82, 2.24) is 4.98 Å². The number of hydrogen-bond acceptors (Lipinski definition) is 4. The molecule has 1 aromatic carbocycles. The second kappa shape index (κ2) is 8.92. The van der Waals surface area contributed by atoms with Crippen molar-refractivity contribution in [1.29, 1.82) is 0 Å². The Morgan fingerprint density at radius 2 is 2.04 bits per heavy atom. The average Bonchev–Trinajstić information content (AvgIpc) is 3.06. The van der Waals surface area contributed by atoms with Crippen LogP contribution in [0.3, 0.4) is 0 Å². The van der Waals surface area contributed by atoms with E-state index in [1.165, 1.54) is 36.2 Å². The summed E-state index contributed by atoms with van der Waals surface area (Å²) in [5.41, 5.74) is 8.18. The summed E-state index contributed by atoms with van der Waals surface area (Å²) in [6.07, 6.45) is 8.33. The van der Waals surface area contributed by atoms with E-state index >= 15 is 0 Å². The van der Waals surface area contributed by atoms with Gasteiger partial charge < -0.3 is 11.1 Å². The molecule has 0 aliphatic carbocycles. The highest BCUT2D eigenvalue weighted by atomic mass is 32.1. The fourth-order valence-corrected chi connectivity index (χ4v) is 3.98. The van der Waals surface area contributed by atoms with Gasteiger partial charge in [-0.2, -0.15) is 0 Å². The Balaban J connectivity index is 1.68. The van der Waals surface area contributed by atoms with Crippen molar-refractivity contribution in [2.75, 3.05) is 11.9 Å². The molecule has 0 fully saturated rings. The van der Waals surface area contributed by atoms with E-state index in [0.29, 0.717) is 0 Å². The van der Waals surface area contributed by atoms with E-state index in [9.17, 15) is 4.79 Å². The van der Waals surface area contributed by atoms with Crippen LogP contribution in [-0.2, 0) is 11.2 Å². The Morgan fingerprint density at radius 1 is 1.23 bits per heavy atom. The molecule has 2 heterocycles. The molecule has 26 heavy (non-hydrogen) atoms. The fourth-order valence-electron chi connectivity index (χ4n) is 3.04. The molecule has 1 amide bonds. The number of fused-ring (bicyclic) bond motifs is 1. The van der Waals surface area contributed by atoms with Crippen LogP contribution in [0.4, 0.5) is 5.00 Å². The van der Waals surface area contributed by atoms with Gasteiger partial charge in [-0.25, -0.2) is 0 Å². The van der Waals surface area contributed by atoms with E-state index in [0.717, 1.165) is 27.1 Å². The highest BCUT2D eigenvalue weighted by Gasteiger charge is 2.20. The summed E-state index contributed by atoms with van der Waals surface area (Å²) in [7, 11) is 0. The maximum atomic E-state index is 12.7. The van der Waals surface area contributed by atoms with Crippen LogP contribution in [0, 0.1) is 0 Å². The summed E-state index contributed by atoms with van der Waals surface area (Å²) in [5.74, 6) is -0.409. The van der Waals surface area contributed by atoms with Crippen molar-refractivity contribution in [2.24, 2.45) is 5.73 Å². The minimum absolute atomic E-state index is 0.0641. The molecule has 4 nitrogen and oxygen atoms in total. The van der Waals surface area contributed by atoms with Gasteiger partial charge >= 0.3 is 0 Å². The normalized spacial score (nSPS) is 12.2. The van der Waals surface area contributed by atoms with Crippen molar-refractivity contribution in [3.05, 3.63) is 59.9 Å². The number of carbonyl (C=O) groups excluding carboxylic acids is 1. The third-order valence-corrected chi connectivity index (χ3v) is 5.57. The number of amides is 1. The van der Waals surface area contributed by atoms with Gasteiger partial charge in [0.1, 0.15) is 0 Å². The Morgan fingerprint density at radius 3 is 2.73 bits per heavy atom. The zero-order valence-corrected chi connectivity index (χ0v) is 15.9. The quantitative estimate of drug-likeness (QED) is 0.567. The first kappa shape index (κ1) is 18.5. The molecule has 0 saturated heterocycles. The summed E-state index contributed by atoms with van der Waals surface area (Å²) in [6.45, 7) is 2.49. The fraction of sp³-hybridized carbons (Fsp3) is 0.333. The first-order valence-corrected chi connectivity index (χ1v) is 9.96. The number of rotatable bonds is 8. The largest absolute Gasteiger partial charge is 0.329 e. The number of hydrogen-bond donors (Lipinski definition) is 2.